The topological polar surface area (TPSA) is 118 Å². The highest BCUT2D eigenvalue weighted by molar-refractivity contribution is 5.94. The van der Waals surface area contributed by atoms with Gasteiger partial charge in [0, 0.05) is 12.1 Å². The summed E-state index contributed by atoms with van der Waals surface area (Å²) in [4.78, 5) is 21.5. The van der Waals surface area contributed by atoms with Gasteiger partial charge >= 0.3 is 0 Å². The Morgan fingerprint density at radius 2 is 2.11 bits per heavy atom. The monoisotopic (exact) mass is 253 g/mol. The Morgan fingerprint density at radius 1 is 1.50 bits per heavy atom. The van der Waals surface area contributed by atoms with Gasteiger partial charge in [-0.1, -0.05) is 6.92 Å². The molecule has 2 unspecified atom stereocenters. The number of nitrogens with one attached hydrogen (secondary N) is 1. The summed E-state index contributed by atoms with van der Waals surface area (Å²) in [6.07, 6.45) is 0. The molecule has 1 rings (SSSR count). The summed E-state index contributed by atoms with van der Waals surface area (Å²) in [5, 5.41) is 22.5. The van der Waals surface area contributed by atoms with Gasteiger partial charge in [-0.3, -0.25) is 14.9 Å². The molecule has 18 heavy (non-hydrogen) atoms. The molecular formula is C11H15N3O4. The van der Waals surface area contributed by atoms with E-state index in [1.807, 2.05) is 0 Å². The minimum Gasteiger partial charge on any atom is -0.506 e. The molecule has 0 fully saturated rings. The first-order valence-electron chi connectivity index (χ1n) is 5.36. The first-order chi connectivity index (χ1) is 8.32. The number of benzene rings is 1. The van der Waals surface area contributed by atoms with Gasteiger partial charge in [-0.25, -0.2) is 0 Å². The van der Waals surface area contributed by atoms with Crippen LogP contribution < -0.4 is 11.1 Å². The lowest BCUT2D eigenvalue weighted by Crippen LogP contribution is -2.34. The highest BCUT2D eigenvalue weighted by Crippen LogP contribution is 2.28. The van der Waals surface area contributed by atoms with Crippen molar-refractivity contribution in [2.24, 2.45) is 11.7 Å². The molecule has 0 aromatic heterocycles. The molecular weight excluding hydrogens is 238 g/mol. The first kappa shape index (κ1) is 13.9. The normalized spacial score (nSPS) is 13.7. The average molecular weight is 253 g/mol. The van der Waals surface area contributed by atoms with Gasteiger partial charge in [0.1, 0.15) is 5.75 Å². The molecule has 0 radical (unpaired) electrons. The highest BCUT2D eigenvalue weighted by Gasteiger charge is 2.19. The number of phenolic OH excluding ortho intramolecular Hbond substituents is 1. The van der Waals surface area contributed by atoms with Gasteiger partial charge in [-0.15, -0.1) is 0 Å². The quantitative estimate of drug-likeness (QED) is 0.423. The first-order valence-corrected chi connectivity index (χ1v) is 5.36. The number of nitrogens with two attached hydrogens (primary N) is 1. The molecule has 7 nitrogen and oxygen atoms in total. The van der Waals surface area contributed by atoms with Crippen LogP contribution in [0.1, 0.15) is 13.8 Å². The minimum absolute atomic E-state index is 0.123. The molecule has 0 aliphatic heterocycles. The lowest BCUT2D eigenvalue weighted by Gasteiger charge is -2.15. The molecule has 2 atom stereocenters. The van der Waals surface area contributed by atoms with Crippen molar-refractivity contribution in [3.63, 3.8) is 0 Å². The predicted octanol–water partition coefficient (Wildman–Crippen LogP) is 1.22. The number of carbonyl (C=O) groups excluding carboxylic acids is 1. The molecule has 1 amide bonds. The Labute approximate surface area is 104 Å². The molecule has 0 saturated heterocycles. The molecule has 0 saturated carbocycles. The van der Waals surface area contributed by atoms with Gasteiger partial charge in [0.05, 0.1) is 22.6 Å². The third kappa shape index (κ3) is 3.17. The van der Waals surface area contributed by atoms with Crippen molar-refractivity contribution in [2.45, 2.75) is 19.9 Å². The summed E-state index contributed by atoms with van der Waals surface area (Å²) in [6, 6.07) is 3.13. The van der Waals surface area contributed by atoms with E-state index >= 15 is 0 Å². The number of rotatable bonds is 4. The number of carbonyl (C=O) groups is 1. The second-order valence-electron chi connectivity index (χ2n) is 4.10. The fraction of sp³-hybridized carbons (Fsp3) is 0.364. The average Bonchev–Trinajstić information content (AvgIpc) is 2.30. The van der Waals surface area contributed by atoms with Crippen LogP contribution in [0.2, 0.25) is 0 Å². The van der Waals surface area contributed by atoms with E-state index in [-0.39, 0.29) is 29.1 Å². The third-order valence-electron chi connectivity index (χ3n) is 2.65. The molecule has 4 N–H and O–H groups in total. The molecule has 1 aromatic carbocycles. The van der Waals surface area contributed by atoms with Gasteiger partial charge in [-0.05, 0) is 13.0 Å². The summed E-state index contributed by atoms with van der Waals surface area (Å²) >= 11 is 0. The summed E-state index contributed by atoms with van der Waals surface area (Å²) in [6.45, 7) is 3.35. The minimum atomic E-state index is -0.629. The van der Waals surface area contributed by atoms with Gasteiger partial charge < -0.3 is 16.2 Å². The Morgan fingerprint density at radius 3 is 2.56 bits per heavy atom. The fourth-order valence-corrected chi connectivity index (χ4v) is 1.22. The number of aromatic hydroxyl groups is 1. The number of anilines is 1. The van der Waals surface area contributed by atoms with Gasteiger partial charge in [-0.2, -0.15) is 0 Å². The number of hydrogen-bond donors (Lipinski definition) is 3. The van der Waals surface area contributed by atoms with Crippen molar-refractivity contribution < 1.29 is 14.8 Å². The van der Waals surface area contributed by atoms with Crippen LogP contribution in [0.15, 0.2) is 18.2 Å². The van der Waals surface area contributed by atoms with Crippen LogP contribution in [-0.4, -0.2) is 22.0 Å². The molecule has 98 valence electrons. The van der Waals surface area contributed by atoms with Crippen LogP contribution in [0.5, 0.6) is 5.75 Å². The molecule has 0 aliphatic carbocycles. The number of amides is 1. The lowest BCUT2D eigenvalue weighted by atomic mass is 10.0. The van der Waals surface area contributed by atoms with E-state index < -0.39 is 10.8 Å². The largest absolute Gasteiger partial charge is 0.506 e. The number of non-ortho nitro benzene ring substituents is 1. The van der Waals surface area contributed by atoms with Crippen LogP contribution in [0.4, 0.5) is 11.4 Å². The van der Waals surface area contributed by atoms with Gasteiger partial charge in [0.25, 0.3) is 5.69 Å². The SMILES string of the molecule is CC(N)C(C)C(=O)Nc1ccc([N+](=O)[O-])cc1O. The zero-order chi connectivity index (χ0) is 13.9. The zero-order valence-corrected chi connectivity index (χ0v) is 10.1. The summed E-state index contributed by atoms with van der Waals surface area (Å²) in [5.74, 6) is -1.14. The molecule has 7 heteroatoms. The maximum absolute atomic E-state index is 11.7. The Hall–Kier alpha value is -2.15. The van der Waals surface area contributed by atoms with Gasteiger partial charge in [0.15, 0.2) is 0 Å². The van der Waals surface area contributed by atoms with E-state index in [0.29, 0.717) is 0 Å². The zero-order valence-electron chi connectivity index (χ0n) is 10.1. The van der Waals surface area contributed by atoms with E-state index in [0.717, 1.165) is 6.07 Å². The van der Waals surface area contributed by atoms with Crippen LogP contribution in [0, 0.1) is 16.0 Å². The summed E-state index contributed by atoms with van der Waals surface area (Å²) in [5.41, 5.74) is 5.46. The van der Waals surface area contributed by atoms with Crippen molar-refractivity contribution in [2.75, 3.05) is 5.32 Å². The van der Waals surface area contributed by atoms with Crippen LogP contribution in [-0.2, 0) is 4.79 Å². The lowest BCUT2D eigenvalue weighted by molar-refractivity contribution is -0.384. The van der Waals surface area contributed by atoms with E-state index in [1.54, 1.807) is 13.8 Å². The number of nitro benzene ring substituents is 1. The van der Waals surface area contributed by atoms with Crippen molar-refractivity contribution >= 4 is 17.3 Å². The molecule has 0 aliphatic rings. The number of phenols is 1. The van der Waals surface area contributed by atoms with Crippen molar-refractivity contribution in [3.8, 4) is 5.75 Å². The smallest absolute Gasteiger partial charge is 0.273 e. The van der Waals surface area contributed by atoms with E-state index in [1.165, 1.54) is 12.1 Å². The maximum atomic E-state index is 11.7. The maximum Gasteiger partial charge on any atom is 0.273 e. The Kier molecular flexibility index (Phi) is 4.22. The standard InChI is InChI=1S/C11H15N3O4/c1-6(7(2)12)11(16)13-9-4-3-8(14(17)18)5-10(9)15/h3-7,15H,12H2,1-2H3,(H,13,16). The van der Waals surface area contributed by atoms with Crippen LogP contribution in [0.3, 0.4) is 0 Å². The van der Waals surface area contributed by atoms with E-state index in [4.69, 9.17) is 5.73 Å². The Balaban J connectivity index is 2.86. The number of nitro groups is 1. The fourth-order valence-electron chi connectivity index (χ4n) is 1.22. The van der Waals surface area contributed by atoms with E-state index in [2.05, 4.69) is 5.32 Å². The third-order valence-corrected chi connectivity index (χ3v) is 2.65. The van der Waals surface area contributed by atoms with Crippen molar-refractivity contribution in [1.82, 2.24) is 0 Å². The number of nitrogens with zero attached hydrogens (tertiary/aromatic N) is 1. The van der Waals surface area contributed by atoms with E-state index in [9.17, 15) is 20.0 Å². The number of hydrogen-bond acceptors (Lipinski definition) is 5. The van der Waals surface area contributed by atoms with Crippen LogP contribution in [0.25, 0.3) is 0 Å². The molecule has 0 spiro atoms. The highest BCUT2D eigenvalue weighted by atomic mass is 16.6. The molecule has 0 bridgehead atoms. The summed E-state index contributed by atoms with van der Waals surface area (Å²) < 4.78 is 0. The van der Waals surface area contributed by atoms with Crippen molar-refractivity contribution in [3.05, 3.63) is 28.3 Å². The van der Waals surface area contributed by atoms with Gasteiger partial charge in [0.2, 0.25) is 5.91 Å². The Bertz CT molecular complexity index is 473. The molecule has 1 aromatic rings. The second kappa shape index (κ2) is 5.46. The predicted molar refractivity (Wildman–Crippen MR) is 66.2 cm³/mol. The summed E-state index contributed by atoms with van der Waals surface area (Å²) in [7, 11) is 0. The van der Waals surface area contributed by atoms with Crippen molar-refractivity contribution in [1.29, 1.82) is 0 Å². The molecule has 0 heterocycles. The second-order valence-corrected chi connectivity index (χ2v) is 4.10. The van der Waals surface area contributed by atoms with Crippen LogP contribution >= 0.6 is 0 Å².